The van der Waals surface area contributed by atoms with Gasteiger partial charge in [0.1, 0.15) is 12.2 Å². The highest BCUT2D eigenvalue weighted by molar-refractivity contribution is 7.07. The van der Waals surface area contributed by atoms with Gasteiger partial charge in [-0.3, -0.25) is 0 Å². The van der Waals surface area contributed by atoms with E-state index in [1.807, 2.05) is 0 Å². The molecule has 0 bridgehead atoms. The van der Waals surface area contributed by atoms with Crippen LogP contribution >= 0.6 is 11.3 Å². The van der Waals surface area contributed by atoms with Gasteiger partial charge in [0.2, 0.25) is 0 Å². The number of halogens is 1. The van der Waals surface area contributed by atoms with Gasteiger partial charge < -0.3 is 9.84 Å². The van der Waals surface area contributed by atoms with Crippen LogP contribution in [0, 0.1) is 5.82 Å². The molecule has 2 rings (SSSR count). The van der Waals surface area contributed by atoms with Crippen molar-refractivity contribution in [2.45, 2.75) is 6.61 Å². The predicted octanol–water partition coefficient (Wildman–Crippen LogP) is 2.56. The normalized spacial score (nSPS) is 10.2. The molecular weight excluding hydrogens is 245 g/mol. The van der Waals surface area contributed by atoms with Gasteiger partial charge in [-0.1, -0.05) is 6.07 Å². The van der Waals surface area contributed by atoms with Gasteiger partial charge in [0.05, 0.1) is 11.2 Å². The van der Waals surface area contributed by atoms with Crippen LogP contribution in [0.2, 0.25) is 0 Å². The maximum Gasteiger partial charge on any atom is 0.339 e. The summed E-state index contributed by atoms with van der Waals surface area (Å²) in [7, 11) is 0. The zero-order chi connectivity index (χ0) is 12.3. The lowest BCUT2D eigenvalue weighted by Crippen LogP contribution is -2.05. The number of rotatable bonds is 4. The van der Waals surface area contributed by atoms with E-state index in [2.05, 4.69) is 4.98 Å². The van der Waals surface area contributed by atoms with Crippen LogP contribution in [0.1, 0.15) is 16.1 Å². The fraction of sp³-hybridized carbons (Fsp3) is 0.0909. The molecule has 0 radical (unpaired) electrons. The van der Waals surface area contributed by atoms with E-state index in [9.17, 15) is 9.18 Å². The number of carbonyl (C=O) groups is 1. The topological polar surface area (TPSA) is 59.4 Å². The van der Waals surface area contributed by atoms with Gasteiger partial charge in [0, 0.05) is 5.38 Å². The molecule has 0 atom stereocenters. The van der Waals surface area contributed by atoms with Crippen LogP contribution in [-0.2, 0) is 6.61 Å². The Kier molecular flexibility index (Phi) is 3.34. The van der Waals surface area contributed by atoms with Gasteiger partial charge in [-0.2, -0.15) is 0 Å². The van der Waals surface area contributed by atoms with Gasteiger partial charge in [0.15, 0.2) is 11.6 Å². The molecule has 0 aliphatic carbocycles. The summed E-state index contributed by atoms with van der Waals surface area (Å²) in [6.45, 7) is 0.0463. The maximum absolute atomic E-state index is 13.4. The number of ether oxygens (including phenoxy) is 1. The van der Waals surface area contributed by atoms with Crippen molar-refractivity contribution in [2.24, 2.45) is 0 Å². The minimum absolute atomic E-state index is 0.0463. The Morgan fingerprint density at radius 2 is 2.35 bits per heavy atom. The maximum atomic E-state index is 13.4. The summed E-state index contributed by atoms with van der Waals surface area (Å²) in [5.74, 6) is -2.18. The van der Waals surface area contributed by atoms with Crippen LogP contribution in [0.4, 0.5) is 4.39 Å². The minimum atomic E-state index is -1.22. The number of aromatic nitrogens is 1. The molecule has 0 amide bonds. The van der Waals surface area contributed by atoms with E-state index < -0.39 is 11.8 Å². The van der Waals surface area contributed by atoms with E-state index in [-0.39, 0.29) is 17.9 Å². The monoisotopic (exact) mass is 253 g/mol. The van der Waals surface area contributed by atoms with Crippen molar-refractivity contribution in [1.82, 2.24) is 4.98 Å². The molecule has 0 spiro atoms. The van der Waals surface area contributed by atoms with E-state index in [0.29, 0.717) is 5.69 Å². The molecule has 1 aromatic carbocycles. The molecule has 0 aliphatic heterocycles. The van der Waals surface area contributed by atoms with Gasteiger partial charge in [-0.25, -0.2) is 14.2 Å². The smallest absolute Gasteiger partial charge is 0.339 e. The Hall–Kier alpha value is -1.95. The molecule has 17 heavy (non-hydrogen) atoms. The first-order valence-corrected chi connectivity index (χ1v) is 5.64. The minimum Gasteiger partial charge on any atom is -0.483 e. The zero-order valence-corrected chi connectivity index (χ0v) is 9.41. The van der Waals surface area contributed by atoms with Crippen LogP contribution in [0.25, 0.3) is 0 Å². The molecule has 1 N–H and O–H groups in total. The number of benzene rings is 1. The zero-order valence-electron chi connectivity index (χ0n) is 8.59. The predicted molar refractivity (Wildman–Crippen MR) is 59.8 cm³/mol. The van der Waals surface area contributed by atoms with Crippen LogP contribution in [0.15, 0.2) is 29.1 Å². The van der Waals surface area contributed by atoms with E-state index in [1.165, 1.54) is 23.5 Å². The first-order valence-electron chi connectivity index (χ1n) is 4.70. The largest absolute Gasteiger partial charge is 0.483 e. The average Bonchev–Trinajstić information content (AvgIpc) is 2.80. The van der Waals surface area contributed by atoms with Crippen LogP contribution in [0.5, 0.6) is 5.75 Å². The van der Waals surface area contributed by atoms with E-state index >= 15 is 0 Å². The van der Waals surface area contributed by atoms with E-state index in [0.717, 1.165) is 6.07 Å². The Labute approximate surface area is 100 Å². The fourth-order valence-electron chi connectivity index (χ4n) is 1.28. The molecule has 0 fully saturated rings. The highest BCUT2D eigenvalue weighted by Crippen LogP contribution is 2.23. The number of carboxylic acid groups (broad SMARTS) is 1. The molecule has 0 aliphatic rings. The molecule has 0 unspecified atom stereocenters. The quantitative estimate of drug-likeness (QED) is 0.909. The van der Waals surface area contributed by atoms with Gasteiger partial charge in [-0.15, -0.1) is 11.3 Å². The highest BCUT2D eigenvalue weighted by atomic mass is 32.1. The molecule has 0 saturated carbocycles. The summed E-state index contributed by atoms with van der Waals surface area (Å²) in [5, 5.41) is 10.6. The first kappa shape index (κ1) is 11.5. The van der Waals surface area contributed by atoms with E-state index in [1.54, 1.807) is 10.9 Å². The van der Waals surface area contributed by atoms with Crippen molar-refractivity contribution in [1.29, 1.82) is 0 Å². The average molecular weight is 253 g/mol. The molecule has 2 aromatic rings. The number of hydrogen-bond donors (Lipinski definition) is 1. The van der Waals surface area contributed by atoms with Crippen molar-refractivity contribution >= 4 is 17.3 Å². The standard InChI is InChI=1S/C11H8FNO3S/c12-9-3-1-2-8(11(14)15)10(9)16-4-7-5-17-6-13-7/h1-3,5-6H,4H2,(H,14,15). The second-order valence-electron chi connectivity index (χ2n) is 3.19. The lowest BCUT2D eigenvalue weighted by molar-refractivity contribution is 0.0690. The molecule has 6 heteroatoms. The summed E-state index contributed by atoms with van der Waals surface area (Å²) in [5.41, 5.74) is 2.06. The second kappa shape index (κ2) is 4.92. The first-order chi connectivity index (χ1) is 8.18. The number of nitrogens with zero attached hydrogens (tertiary/aromatic N) is 1. The molecular formula is C11H8FNO3S. The Bertz CT molecular complexity index is 528. The molecule has 1 heterocycles. The van der Waals surface area contributed by atoms with Crippen molar-refractivity contribution in [3.8, 4) is 5.75 Å². The number of aromatic carboxylic acids is 1. The van der Waals surface area contributed by atoms with Crippen molar-refractivity contribution < 1.29 is 19.0 Å². The van der Waals surface area contributed by atoms with Gasteiger partial charge >= 0.3 is 5.97 Å². The van der Waals surface area contributed by atoms with Gasteiger partial charge in [-0.05, 0) is 12.1 Å². The second-order valence-corrected chi connectivity index (χ2v) is 3.91. The van der Waals surface area contributed by atoms with Crippen molar-refractivity contribution in [3.63, 3.8) is 0 Å². The molecule has 0 saturated heterocycles. The third-order valence-electron chi connectivity index (χ3n) is 2.05. The third-order valence-corrected chi connectivity index (χ3v) is 2.68. The van der Waals surface area contributed by atoms with Crippen molar-refractivity contribution in [3.05, 3.63) is 46.2 Å². The van der Waals surface area contributed by atoms with Crippen LogP contribution in [0.3, 0.4) is 0 Å². The summed E-state index contributed by atoms with van der Waals surface area (Å²) in [6, 6.07) is 3.78. The molecule has 1 aromatic heterocycles. The fourth-order valence-corrected chi connectivity index (χ4v) is 1.82. The lowest BCUT2D eigenvalue weighted by Gasteiger charge is -2.08. The summed E-state index contributed by atoms with van der Waals surface area (Å²) in [6.07, 6.45) is 0. The molecule has 4 nitrogen and oxygen atoms in total. The lowest BCUT2D eigenvalue weighted by atomic mass is 10.2. The Morgan fingerprint density at radius 3 is 3.00 bits per heavy atom. The number of hydrogen-bond acceptors (Lipinski definition) is 4. The SMILES string of the molecule is O=C(O)c1cccc(F)c1OCc1cscn1. The highest BCUT2D eigenvalue weighted by Gasteiger charge is 2.15. The number of carboxylic acids is 1. The van der Waals surface area contributed by atoms with Gasteiger partial charge in [0.25, 0.3) is 0 Å². The third kappa shape index (κ3) is 2.59. The number of para-hydroxylation sites is 1. The Morgan fingerprint density at radius 1 is 1.53 bits per heavy atom. The van der Waals surface area contributed by atoms with E-state index in [4.69, 9.17) is 9.84 Å². The Balaban J connectivity index is 2.22. The van der Waals surface area contributed by atoms with Crippen LogP contribution < -0.4 is 4.74 Å². The summed E-state index contributed by atoms with van der Waals surface area (Å²) >= 11 is 1.39. The summed E-state index contributed by atoms with van der Waals surface area (Å²) < 4.78 is 18.6. The molecule has 88 valence electrons. The summed E-state index contributed by atoms with van der Waals surface area (Å²) in [4.78, 5) is 14.8. The van der Waals surface area contributed by atoms with Crippen LogP contribution in [-0.4, -0.2) is 16.1 Å². The number of thiazole rings is 1. The van der Waals surface area contributed by atoms with Crippen molar-refractivity contribution in [2.75, 3.05) is 0 Å².